The predicted octanol–water partition coefficient (Wildman–Crippen LogP) is 5.29. The first-order valence-electron chi connectivity index (χ1n) is 6.42. The predicted molar refractivity (Wildman–Crippen MR) is 91.5 cm³/mol. The molecule has 0 saturated carbocycles. The quantitative estimate of drug-likeness (QED) is 0.609. The molecule has 0 aliphatic heterocycles. The van der Waals surface area contributed by atoms with E-state index in [9.17, 15) is 18.0 Å². The first kappa shape index (κ1) is 17.9. The lowest BCUT2D eigenvalue weighted by Crippen LogP contribution is -2.28. The Morgan fingerprint density at radius 2 is 1.91 bits per heavy atom. The maximum atomic E-state index is 12.8. The molecule has 2 aromatic rings. The van der Waals surface area contributed by atoms with E-state index >= 15 is 0 Å². The number of benzene rings is 2. The van der Waals surface area contributed by atoms with Crippen LogP contribution in [0.5, 0.6) is 0 Å². The summed E-state index contributed by atoms with van der Waals surface area (Å²) in [6, 6.07) is 10.1. The van der Waals surface area contributed by atoms with Crippen LogP contribution in [0.15, 0.2) is 42.5 Å². The maximum Gasteiger partial charge on any atom is 0.417 e. The van der Waals surface area contributed by atoms with Gasteiger partial charge in [-0.1, -0.05) is 23.7 Å². The third kappa shape index (κ3) is 5.28. The lowest BCUT2D eigenvalue weighted by atomic mass is 10.2. The number of anilines is 1. The molecule has 0 atom stereocenters. The minimum absolute atomic E-state index is 0.0156. The van der Waals surface area contributed by atoms with Crippen LogP contribution in [0, 0.1) is 3.57 Å². The van der Waals surface area contributed by atoms with Crippen LogP contribution in [-0.2, 0) is 12.7 Å². The van der Waals surface area contributed by atoms with Crippen LogP contribution < -0.4 is 10.6 Å². The van der Waals surface area contributed by atoms with Crippen molar-refractivity contribution in [3.63, 3.8) is 0 Å². The van der Waals surface area contributed by atoms with Crippen LogP contribution in [0.4, 0.5) is 23.7 Å². The first-order chi connectivity index (χ1) is 10.8. The molecule has 2 amide bonds. The molecule has 2 rings (SSSR count). The number of alkyl halides is 3. The molecule has 0 fully saturated rings. The van der Waals surface area contributed by atoms with Gasteiger partial charge in [-0.2, -0.15) is 13.2 Å². The lowest BCUT2D eigenvalue weighted by Gasteiger charge is -2.12. The molecule has 0 radical (unpaired) electrons. The van der Waals surface area contributed by atoms with E-state index in [1.165, 1.54) is 6.07 Å². The fourth-order valence-corrected chi connectivity index (χ4v) is 2.66. The molecule has 3 nitrogen and oxygen atoms in total. The normalized spacial score (nSPS) is 11.2. The molecule has 2 N–H and O–H groups in total. The van der Waals surface area contributed by atoms with Gasteiger partial charge in [0.1, 0.15) is 0 Å². The molecule has 122 valence electrons. The van der Waals surface area contributed by atoms with E-state index in [4.69, 9.17) is 11.6 Å². The van der Waals surface area contributed by atoms with E-state index in [-0.39, 0.29) is 12.2 Å². The highest BCUT2D eigenvalue weighted by atomic mass is 127. The molecular weight excluding hydrogens is 444 g/mol. The van der Waals surface area contributed by atoms with Gasteiger partial charge in [0.2, 0.25) is 0 Å². The average Bonchev–Trinajstić information content (AvgIpc) is 2.46. The summed E-state index contributed by atoms with van der Waals surface area (Å²) in [5.41, 5.74) is -0.0874. The molecule has 23 heavy (non-hydrogen) atoms. The van der Waals surface area contributed by atoms with Crippen molar-refractivity contribution in [1.82, 2.24) is 5.32 Å². The zero-order valence-corrected chi connectivity index (χ0v) is 14.5. The summed E-state index contributed by atoms with van der Waals surface area (Å²) in [6.45, 7) is 0.266. The third-order valence-corrected chi connectivity index (χ3v) is 3.87. The Kier molecular flexibility index (Phi) is 5.74. The van der Waals surface area contributed by atoms with Crippen molar-refractivity contribution in [2.45, 2.75) is 12.7 Å². The van der Waals surface area contributed by atoms with E-state index in [0.29, 0.717) is 0 Å². The van der Waals surface area contributed by atoms with Crippen molar-refractivity contribution in [2.75, 3.05) is 5.32 Å². The average molecular weight is 455 g/mol. The monoisotopic (exact) mass is 454 g/mol. The number of halogens is 5. The van der Waals surface area contributed by atoms with Crippen LogP contribution in [0.1, 0.15) is 11.1 Å². The van der Waals surface area contributed by atoms with E-state index < -0.39 is 22.8 Å². The second-order valence-corrected chi connectivity index (χ2v) is 6.28. The summed E-state index contributed by atoms with van der Waals surface area (Å²) < 4.78 is 39.3. The number of carbonyl (C=O) groups excluding carboxylic acids is 1. The van der Waals surface area contributed by atoms with Crippen LogP contribution in [0.2, 0.25) is 5.02 Å². The van der Waals surface area contributed by atoms with Gasteiger partial charge < -0.3 is 10.6 Å². The van der Waals surface area contributed by atoms with Gasteiger partial charge in [0.25, 0.3) is 0 Å². The minimum Gasteiger partial charge on any atom is -0.334 e. The number of carbonyl (C=O) groups is 1. The van der Waals surface area contributed by atoms with Gasteiger partial charge in [-0.05, 0) is 58.5 Å². The standard InChI is InChI=1S/C15H11ClF3IN2O/c16-13-5-4-11(7-12(13)15(17,18)19)22-14(23)21-8-9-2-1-3-10(20)6-9/h1-7H,8H2,(H2,21,22,23). The zero-order valence-electron chi connectivity index (χ0n) is 11.5. The van der Waals surface area contributed by atoms with E-state index in [1.807, 2.05) is 24.3 Å². The molecule has 0 heterocycles. The Balaban J connectivity index is 2.00. The Hall–Kier alpha value is -1.48. The molecule has 0 aliphatic carbocycles. The molecule has 0 aromatic heterocycles. The van der Waals surface area contributed by atoms with Gasteiger partial charge >= 0.3 is 12.2 Å². The zero-order chi connectivity index (χ0) is 17.0. The Labute approximate surface area is 149 Å². The first-order valence-corrected chi connectivity index (χ1v) is 7.87. The number of urea groups is 1. The van der Waals surface area contributed by atoms with Gasteiger partial charge in [0, 0.05) is 15.8 Å². The summed E-state index contributed by atoms with van der Waals surface area (Å²) in [7, 11) is 0. The van der Waals surface area contributed by atoms with E-state index in [0.717, 1.165) is 21.3 Å². The van der Waals surface area contributed by atoms with Crippen molar-refractivity contribution in [2.24, 2.45) is 0 Å². The van der Waals surface area contributed by atoms with Crippen LogP contribution in [-0.4, -0.2) is 6.03 Å². The number of hydrogen-bond donors (Lipinski definition) is 2. The molecule has 0 aliphatic rings. The van der Waals surface area contributed by atoms with Crippen molar-refractivity contribution in [3.8, 4) is 0 Å². The largest absolute Gasteiger partial charge is 0.417 e. The second-order valence-electron chi connectivity index (χ2n) is 4.63. The SMILES string of the molecule is O=C(NCc1cccc(I)c1)Nc1ccc(Cl)c(C(F)(F)F)c1. The number of amides is 2. The fourth-order valence-electron chi connectivity index (χ4n) is 1.82. The summed E-state index contributed by atoms with van der Waals surface area (Å²) in [6.07, 6.45) is -4.58. The number of rotatable bonds is 3. The van der Waals surface area contributed by atoms with Crippen molar-refractivity contribution >= 4 is 45.9 Å². The van der Waals surface area contributed by atoms with E-state index in [1.54, 1.807) is 0 Å². The summed E-state index contributed by atoms with van der Waals surface area (Å²) in [4.78, 5) is 11.8. The van der Waals surface area contributed by atoms with Gasteiger partial charge in [-0.3, -0.25) is 0 Å². The lowest BCUT2D eigenvalue weighted by molar-refractivity contribution is -0.137. The molecule has 0 bridgehead atoms. The Bertz CT molecular complexity index is 722. The highest BCUT2D eigenvalue weighted by Gasteiger charge is 2.33. The van der Waals surface area contributed by atoms with Crippen LogP contribution >= 0.6 is 34.2 Å². The molecule has 0 unspecified atom stereocenters. The van der Waals surface area contributed by atoms with Crippen LogP contribution in [0.3, 0.4) is 0 Å². The van der Waals surface area contributed by atoms with Gasteiger partial charge in [-0.25, -0.2) is 4.79 Å². The van der Waals surface area contributed by atoms with Crippen molar-refractivity contribution in [1.29, 1.82) is 0 Å². The molecule has 0 spiro atoms. The maximum absolute atomic E-state index is 12.8. The smallest absolute Gasteiger partial charge is 0.334 e. The van der Waals surface area contributed by atoms with Gasteiger partial charge in [-0.15, -0.1) is 0 Å². The molecular formula is C15H11ClF3IN2O. The topological polar surface area (TPSA) is 41.1 Å². The third-order valence-electron chi connectivity index (χ3n) is 2.87. The number of nitrogens with one attached hydrogen (secondary N) is 2. The van der Waals surface area contributed by atoms with E-state index in [2.05, 4.69) is 33.2 Å². The summed E-state index contributed by atoms with van der Waals surface area (Å²) >= 11 is 7.67. The fraction of sp³-hybridized carbons (Fsp3) is 0.133. The van der Waals surface area contributed by atoms with Gasteiger partial charge in [0.15, 0.2) is 0 Å². The summed E-state index contributed by atoms with van der Waals surface area (Å²) in [5, 5.41) is 4.52. The molecule has 0 saturated heterocycles. The van der Waals surface area contributed by atoms with Crippen molar-refractivity contribution < 1.29 is 18.0 Å². The second kappa shape index (κ2) is 7.39. The Morgan fingerprint density at radius 3 is 2.57 bits per heavy atom. The van der Waals surface area contributed by atoms with Crippen molar-refractivity contribution in [3.05, 3.63) is 62.2 Å². The summed E-state index contributed by atoms with van der Waals surface area (Å²) in [5.74, 6) is 0. The van der Waals surface area contributed by atoms with Crippen LogP contribution in [0.25, 0.3) is 0 Å². The molecule has 8 heteroatoms. The number of hydrogen-bond acceptors (Lipinski definition) is 1. The highest BCUT2D eigenvalue weighted by molar-refractivity contribution is 14.1. The molecule has 2 aromatic carbocycles. The highest BCUT2D eigenvalue weighted by Crippen LogP contribution is 2.36. The van der Waals surface area contributed by atoms with Gasteiger partial charge in [0.05, 0.1) is 10.6 Å². The Morgan fingerprint density at radius 1 is 1.17 bits per heavy atom. The minimum atomic E-state index is -4.58.